The third kappa shape index (κ3) is 4.23. The lowest BCUT2D eigenvalue weighted by Crippen LogP contribution is -2.07. The van der Waals surface area contributed by atoms with Crippen LogP contribution in [0, 0.1) is 0 Å². The van der Waals surface area contributed by atoms with Crippen molar-refractivity contribution in [1.82, 2.24) is 4.98 Å². The predicted molar refractivity (Wildman–Crippen MR) is 77.2 cm³/mol. The van der Waals surface area contributed by atoms with Crippen molar-refractivity contribution in [3.05, 3.63) is 50.8 Å². The molecule has 1 heterocycles. The fourth-order valence-electron chi connectivity index (χ4n) is 1.37. The number of ether oxygens (including phenoxy) is 1. The monoisotopic (exact) mass is 319 g/mol. The Morgan fingerprint density at radius 1 is 1.47 bits per heavy atom. The highest BCUT2D eigenvalue weighted by Gasteiger charge is 2.10. The minimum atomic E-state index is -0.456. The predicted octanol–water partition coefficient (Wildman–Crippen LogP) is 3.93. The fourth-order valence-corrected chi connectivity index (χ4v) is 2.41. The van der Waals surface area contributed by atoms with Gasteiger partial charge in [0.2, 0.25) is 0 Å². The average molecular weight is 320 g/mol. The van der Waals surface area contributed by atoms with Crippen LogP contribution in [-0.4, -0.2) is 10.4 Å². The molecule has 0 amide bonds. The first-order chi connectivity index (χ1) is 9.04. The number of hydrogen-bond donors (Lipinski definition) is 1. The Bertz CT molecular complexity index is 611. The number of aromatic nitrogens is 1. The molecule has 0 spiro atoms. The molecule has 0 aliphatic rings. The zero-order valence-electron chi connectivity index (χ0n) is 9.98. The van der Waals surface area contributed by atoms with Crippen LogP contribution >= 0.6 is 35.0 Å². The highest BCUT2D eigenvalue weighted by atomic mass is 35.5. The molecule has 0 bridgehead atoms. The normalized spacial score (nSPS) is 12.4. The van der Waals surface area contributed by atoms with Crippen molar-refractivity contribution in [2.75, 3.05) is 0 Å². The highest BCUT2D eigenvalue weighted by Crippen LogP contribution is 2.30. The van der Waals surface area contributed by atoms with Crippen LogP contribution in [0.5, 0.6) is 5.75 Å². The summed E-state index contributed by atoms with van der Waals surface area (Å²) in [5, 5.41) is 1.07. The lowest BCUT2D eigenvalue weighted by atomic mass is 10.3. The van der Waals surface area contributed by atoms with E-state index in [1.165, 1.54) is 18.0 Å². The summed E-state index contributed by atoms with van der Waals surface area (Å²) in [6.07, 6.45) is 1.54. The molecule has 1 N–H and O–H groups in total. The lowest BCUT2D eigenvalue weighted by molar-refractivity contribution is 0.307. The van der Waals surface area contributed by atoms with Crippen molar-refractivity contribution in [3.8, 4) is 5.75 Å². The van der Waals surface area contributed by atoms with Gasteiger partial charge in [-0.25, -0.2) is 4.79 Å². The van der Waals surface area contributed by atoms with Gasteiger partial charge in [-0.1, -0.05) is 23.2 Å². The van der Waals surface area contributed by atoms with E-state index in [2.05, 4.69) is 4.98 Å². The number of halogens is 2. The Morgan fingerprint density at radius 3 is 2.95 bits per heavy atom. The third-order valence-electron chi connectivity index (χ3n) is 2.22. The number of rotatable bonds is 5. The molecule has 0 fully saturated rings. The second kappa shape index (κ2) is 6.41. The number of oxazole rings is 1. The summed E-state index contributed by atoms with van der Waals surface area (Å²) >= 11 is 13.4. The van der Waals surface area contributed by atoms with E-state index in [0.29, 0.717) is 27.3 Å². The number of hydrogen-bond acceptors (Lipinski definition) is 4. The highest BCUT2D eigenvalue weighted by molar-refractivity contribution is 7.98. The topological polar surface area (TPSA) is 55.2 Å². The van der Waals surface area contributed by atoms with Gasteiger partial charge < -0.3 is 9.15 Å². The summed E-state index contributed by atoms with van der Waals surface area (Å²) in [4.78, 5) is 13.3. The van der Waals surface area contributed by atoms with E-state index in [4.69, 9.17) is 32.4 Å². The molecular formula is C12H11Cl2NO3S. The van der Waals surface area contributed by atoms with Gasteiger partial charge in [-0.15, -0.1) is 11.8 Å². The number of benzene rings is 1. The molecule has 1 aromatic heterocycles. The quantitative estimate of drug-likeness (QED) is 0.848. The van der Waals surface area contributed by atoms with Crippen molar-refractivity contribution in [2.24, 2.45) is 0 Å². The maximum atomic E-state index is 10.8. The molecule has 2 rings (SSSR count). The zero-order valence-corrected chi connectivity index (χ0v) is 12.3. The van der Waals surface area contributed by atoms with Crippen molar-refractivity contribution >= 4 is 35.0 Å². The Kier molecular flexibility index (Phi) is 4.85. The summed E-state index contributed by atoms with van der Waals surface area (Å²) < 4.78 is 10.6. The summed E-state index contributed by atoms with van der Waals surface area (Å²) in [5.74, 6) is 1.17. The van der Waals surface area contributed by atoms with Crippen LogP contribution in [0.3, 0.4) is 0 Å². The van der Waals surface area contributed by atoms with Gasteiger partial charge in [0.1, 0.15) is 16.9 Å². The molecule has 0 saturated heterocycles. The van der Waals surface area contributed by atoms with Crippen LogP contribution in [0.25, 0.3) is 0 Å². The van der Waals surface area contributed by atoms with Crippen LogP contribution in [-0.2, 0) is 5.75 Å². The van der Waals surface area contributed by atoms with Gasteiger partial charge >= 0.3 is 5.76 Å². The van der Waals surface area contributed by atoms with Crippen LogP contribution < -0.4 is 10.5 Å². The number of nitrogens with one attached hydrogen (secondary N) is 1. The van der Waals surface area contributed by atoms with Crippen LogP contribution in [0.4, 0.5) is 0 Å². The first-order valence-corrected chi connectivity index (χ1v) is 7.26. The largest absolute Gasteiger partial charge is 0.478 e. The average Bonchev–Trinajstić information content (AvgIpc) is 2.77. The van der Waals surface area contributed by atoms with Gasteiger partial charge in [0.25, 0.3) is 0 Å². The van der Waals surface area contributed by atoms with E-state index in [9.17, 15) is 4.79 Å². The maximum absolute atomic E-state index is 10.8. The van der Waals surface area contributed by atoms with Crippen molar-refractivity contribution < 1.29 is 9.15 Å². The van der Waals surface area contributed by atoms with Crippen LogP contribution in [0.15, 0.2) is 33.6 Å². The Morgan fingerprint density at radius 2 is 2.26 bits per heavy atom. The number of H-pyrrole nitrogens is 1. The van der Waals surface area contributed by atoms with E-state index < -0.39 is 5.76 Å². The Labute approximate surface area is 124 Å². The lowest BCUT2D eigenvalue weighted by Gasteiger charge is -2.14. The molecule has 0 radical (unpaired) electrons. The second-order valence-electron chi connectivity index (χ2n) is 3.72. The number of thioether (sulfide) groups is 1. The minimum Gasteiger partial charge on any atom is -0.478 e. The summed E-state index contributed by atoms with van der Waals surface area (Å²) in [5.41, 5.74) is -0.156. The number of aromatic amines is 1. The summed E-state index contributed by atoms with van der Waals surface area (Å²) in [6, 6.07) is 5.04. The SMILES string of the molecule is CC(Oc1cc(Cl)ccc1Cl)SCc1c[nH]c(=O)o1. The minimum absolute atomic E-state index is 0.156. The van der Waals surface area contributed by atoms with E-state index in [0.717, 1.165) is 0 Å². The first kappa shape index (κ1) is 14.4. The smallest absolute Gasteiger partial charge is 0.416 e. The van der Waals surface area contributed by atoms with Crippen molar-refractivity contribution in [2.45, 2.75) is 18.1 Å². The summed E-state index contributed by atoms with van der Waals surface area (Å²) in [6.45, 7) is 1.88. The van der Waals surface area contributed by atoms with Gasteiger partial charge in [0, 0.05) is 17.3 Å². The molecule has 1 atom stereocenters. The second-order valence-corrected chi connectivity index (χ2v) is 5.85. The van der Waals surface area contributed by atoms with Gasteiger partial charge in [0.05, 0.1) is 10.8 Å². The molecule has 19 heavy (non-hydrogen) atoms. The molecule has 1 unspecified atom stereocenters. The molecule has 0 aliphatic carbocycles. The molecular weight excluding hydrogens is 309 g/mol. The Balaban J connectivity index is 1.92. The molecule has 2 aromatic rings. The Hall–Kier alpha value is -1.04. The van der Waals surface area contributed by atoms with Crippen molar-refractivity contribution in [1.29, 1.82) is 0 Å². The van der Waals surface area contributed by atoms with Crippen LogP contribution in [0.2, 0.25) is 10.0 Å². The van der Waals surface area contributed by atoms with E-state index >= 15 is 0 Å². The van der Waals surface area contributed by atoms with E-state index in [-0.39, 0.29) is 5.44 Å². The molecule has 7 heteroatoms. The van der Waals surface area contributed by atoms with Gasteiger partial charge in [-0.2, -0.15) is 0 Å². The van der Waals surface area contributed by atoms with Gasteiger partial charge in [-0.05, 0) is 19.1 Å². The van der Waals surface area contributed by atoms with E-state index in [1.807, 2.05) is 6.92 Å². The summed E-state index contributed by atoms with van der Waals surface area (Å²) in [7, 11) is 0. The van der Waals surface area contributed by atoms with Crippen molar-refractivity contribution in [3.63, 3.8) is 0 Å². The zero-order chi connectivity index (χ0) is 13.8. The molecule has 102 valence electrons. The van der Waals surface area contributed by atoms with Gasteiger partial charge in [0.15, 0.2) is 0 Å². The molecule has 0 aliphatic heterocycles. The third-order valence-corrected chi connectivity index (χ3v) is 3.79. The molecule has 1 aromatic carbocycles. The first-order valence-electron chi connectivity index (χ1n) is 5.45. The standard InChI is InChI=1S/C12H11Cl2NO3S/c1-7(19-6-9-5-15-12(16)18-9)17-11-4-8(13)2-3-10(11)14/h2-5,7H,6H2,1H3,(H,15,16). The van der Waals surface area contributed by atoms with Gasteiger partial charge in [-0.3, -0.25) is 4.98 Å². The molecule has 0 saturated carbocycles. The van der Waals surface area contributed by atoms with E-state index in [1.54, 1.807) is 18.2 Å². The maximum Gasteiger partial charge on any atom is 0.416 e. The molecule has 4 nitrogen and oxygen atoms in total. The fraction of sp³-hybridized carbons (Fsp3) is 0.250. The van der Waals surface area contributed by atoms with Crippen LogP contribution in [0.1, 0.15) is 12.7 Å².